The van der Waals surface area contributed by atoms with Crippen LogP contribution in [-0.2, 0) is 34.1 Å². The van der Waals surface area contributed by atoms with E-state index in [2.05, 4.69) is 0 Å². The van der Waals surface area contributed by atoms with E-state index in [1.807, 2.05) is 0 Å². The molecule has 10 atom stereocenters. The minimum atomic E-state index is -3.31. The molecule has 10 unspecified atom stereocenters. The van der Waals surface area contributed by atoms with Crippen LogP contribution >= 0.6 is 0 Å². The van der Waals surface area contributed by atoms with Crippen LogP contribution in [0.5, 0.6) is 28.7 Å². The number of aliphatic hydroxyl groups excluding tert-OH is 2. The summed E-state index contributed by atoms with van der Waals surface area (Å²) in [6.45, 7) is 1.09. The molecule has 8 N–H and O–H groups in total. The van der Waals surface area contributed by atoms with Crippen LogP contribution in [-0.4, -0.2) is 117 Å². The number of rotatable bonds is 5. The maximum Gasteiger partial charge on any atom is 0.331 e. The van der Waals surface area contributed by atoms with Gasteiger partial charge in [-0.15, -0.1) is 0 Å². The summed E-state index contributed by atoms with van der Waals surface area (Å²) < 4.78 is 48.7. The van der Waals surface area contributed by atoms with Crippen LogP contribution in [0.2, 0.25) is 0 Å². The van der Waals surface area contributed by atoms with Gasteiger partial charge in [0.15, 0.2) is 41.7 Å². The minimum Gasteiger partial charge on any atom is -0.502 e. The fourth-order valence-electron chi connectivity index (χ4n) is 7.05. The third-order valence-electron chi connectivity index (χ3n) is 9.14. The minimum absolute atomic E-state index is 0.0498. The van der Waals surface area contributed by atoms with Crippen LogP contribution in [0.3, 0.4) is 0 Å². The SMILES string of the molecule is COc1cc(C2(O)c3cc4c(cc3C(OC3OC5C(OC(C)OC5(O)O)C(O)C3O)C3C2C(=O)OC3(O)O)OCO4)cc(OC)c1O. The van der Waals surface area contributed by atoms with Crippen molar-refractivity contribution >= 4 is 5.97 Å². The van der Waals surface area contributed by atoms with Gasteiger partial charge in [0.25, 0.3) is 0 Å². The number of cyclic esters (lactones) is 1. The first-order valence-electron chi connectivity index (χ1n) is 14.4. The number of benzene rings is 2. The predicted octanol–water partition coefficient (Wildman–Crippen LogP) is -2.28. The number of fused-ring (bicyclic) bond motifs is 4. The fourth-order valence-corrected chi connectivity index (χ4v) is 7.05. The zero-order valence-electron chi connectivity index (χ0n) is 24.9. The first-order valence-corrected chi connectivity index (χ1v) is 14.4. The van der Waals surface area contributed by atoms with Crippen molar-refractivity contribution in [1.82, 2.24) is 0 Å². The Labute approximate surface area is 264 Å². The highest BCUT2D eigenvalue weighted by molar-refractivity contribution is 5.80. The van der Waals surface area contributed by atoms with Crippen LogP contribution < -0.4 is 18.9 Å². The van der Waals surface area contributed by atoms with Gasteiger partial charge < -0.3 is 78.7 Å². The number of aliphatic hydroxyl groups is 7. The number of ether oxygens (including phenoxy) is 9. The zero-order chi connectivity index (χ0) is 33.8. The maximum absolute atomic E-state index is 13.5. The molecule has 0 amide bonds. The van der Waals surface area contributed by atoms with Gasteiger partial charge in [-0.3, -0.25) is 9.53 Å². The Morgan fingerprint density at radius 2 is 1.51 bits per heavy atom. The Bertz CT molecular complexity index is 1570. The molecule has 3 fully saturated rings. The van der Waals surface area contributed by atoms with Crippen LogP contribution in [0, 0.1) is 11.8 Å². The lowest BCUT2D eigenvalue weighted by atomic mass is 9.62. The predicted molar refractivity (Wildman–Crippen MR) is 144 cm³/mol. The molecule has 4 aliphatic heterocycles. The summed E-state index contributed by atoms with van der Waals surface area (Å²) in [6.07, 6.45) is -12.0. The average molecular weight is 669 g/mol. The van der Waals surface area contributed by atoms with E-state index in [9.17, 15) is 45.6 Å². The summed E-state index contributed by atoms with van der Waals surface area (Å²) >= 11 is 0. The van der Waals surface area contributed by atoms with E-state index in [0.29, 0.717) is 0 Å². The number of carbonyl (C=O) groups is 1. The van der Waals surface area contributed by atoms with Gasteiger partial charge in [-0.2, -0.15) is 0 Å². The standard InChI is InChI=1S/C29H32O18/c1-9-43-23-20(31)21(32)26(45-24(23)29(37,38)46-9)44-22-11-6-13-14(42-8-41-13)7-12(11)27(34,18-17(22)28(35,36)47-25(18)33)10-4-15(39-2)19(30)16(5-10)40-3/h4-7,9,17-18,20-24,26,30-32,34-38H,8H2,1-3H3. The first kappa shape index (κ1) is 32.0. The van der Waals surface area contributed by atoms with E-state index in [0.717, 1.165) is 0 Å². The summed E-state index contributed by atoms with van der Waals surface area (Å²) in [5.41, 5.74) is -2.76. The molecule has 2 aromatic rings. The van der Waals surface area contributed by atoms with E-state index in [4.69, 9.17) is 42.6 Å². The molecule has 0 saturated carbocycles. The van der Waals surface area contributed by atoms with Crippen molar-refractivity contribution in [2.45, 2.75) is 67.6 Å². The molecule has 2 aromatic carbocycles. The Morgan fingerprint density at radius 3 is 2.15 bits per heavy atom. The lowest BCUT2D eigenvalue weighted by molar-refractivity contribution is -0.498. The third kappa shape index (κ3) is 4.64. The monoisotopic (exact) mass is 668 g/mol. The van der Waals surface area contributed by atoms with Gasteiger partial charge in [0.1, 0.15) is 35.7 Å². The van der Waals surface area contributed by atoms with Crippen molar-refractivity contribution in [3.63, 3.8) is 0 Å². The largest absolute Gasteiger partial charge is 0.502 e. The van der Waals surface area contributed by atoms with Gasteiger partial charge in [-0.05, 0) is 47.9 Å². The second kappa shape index (κ2) is 10.7. The van der Waals surface area contributed by atoms with Crippen LogP contribution in [0.15, 0.2) is 24.3 Å². The molecule has 0 bridgehead atoms. The third-order valence-corrected chi connectivity index (χ3v) is 9.14. The highest BCUT2D eigenvalue weighted by Crippen LogP contribution is 2.61. The van der Waals surface area contributed by atoms with Crippen LogP contribution in [0.1, 0.15) is 29.7 Å². The van der Waals surface area contributed by atoms with Crippen molar-refractivity contribution in [3.05, 3.63) is 41.0 Å². The fraction of sp³-hybridized carbons (Fsp3) is 0.552. The van der Waals surface area contributed by atoms with Crippen LogP contribution in [0.25, 0.3) is 0 Å². The Hall–Kier alpha value is -3.53. The summed E-state index contributed by atoms with van der Waals surface area (Å²) in [7, 11) is 2.48. The molecular weight excluding hydrogens is 636 g/mol. The zero-order valence-corrected chi connectivity index (χ0v) is 24.9. The molecular formula is C29H32O18. The van der Waals surface area contributed by atoms with Gasteiger partial charge >= 0.3 is 17.9 Å². The maximum atomic E-state index is 13.5. The normalized spacial score (nSPS) is 37.7. The highest BCUT2D eigenvalue weighted by atomic mass is 16.9. The van der Waals surface area contributed by atoms with E-state index in [-0.39, 0.29) is 46.5 Å². The summed E-state index contributed by atoms with van der Waals surface area (Å²) in [5.74, 6) is -11.9. The molecule has 18 heteroatoms. The van der Waals surface area contributed by atoms with Gasteiger partial charge in [0.05, 0.1) is 20.3 Å². The number of phenolic OH excluding ortho intramolecular Hbond substituents is 1. The number of methoxy groups -OCH3 is 2. The molecule has 1 aliphatic carbocycles. The molecule has 0 aromatic heterocycles. The smallest absolute Gasteiger partial charge is 0.331 e. The number of carbonyl (C=O) groups excluding carboxylic acids is 1. The lowest BCUT2D eigenvalue weighted by Gasteiger charge is -2.51. The highest BCUT2D eigenvalue weighted by Gasteiger charge is 2.70. The Balaban J connectivity index is 1.40. The number of phenols is 1. The molecule has 256 valence electrons. The summed E-state index contributed by atoms with van der Waals surface area (Å²) in [4.78, 5) is 13.5. The van der Waals surface area contributed by atoms with Gasteiger partial charge in [-0.25, -0.2) is 0 Å². The van der Waals surface area contributed by atoms with E-state index >= 15 is 0 Å². The van der Waals surface area contributed by atoms with Crippen molar-refractivity contribution in [1.29, 1.82) is 0 Å². The van der Waals surface area contributed by atoms with Crippen molar-refractivity contribution in [2.75, 3.05) is 21.0 Å². The van der Waals surface area contributed by atoms with E-state index < -0.39 is 84.2 Å². The van der Waals surface area contributed by atoms with Gasteiger partial charge in [0, 0.05) is 0 Å². The number of hydrogen-bond acceptors (Lipinski definition) is 18. The molecule has 18 nitrogen and oxygen atoms in total. The lowest BCUT2D eigenvalue weighted by Crippen LogP contribution is -2.70. The quantitative estimate of drug-likeness (QED) is 0.123. The second-order valence-corrected chi connectivity index (χ2v) is 11.8. The molecule has 4 heterocycles. The summed E-state index contributed by atoms with van der Waals surface area (Å²) in [6, 6.07) is 5.09. The van der Waals surface area contributed by atoms with Gasteiger partial charge in [0.2, 0.25) is 12.5 Å². The van der Waals surface area contributed by atoms with Crippen molar-refractivity contribution in [3.8, 4) is 28.7 Å². The molecule has 7 rings (SSSR count). The van der Waals surface area contributed by atoms with Crippen LogP contribution in [0.4, 0.5) is 0 Å². The van der Waals surface area contributed by atoms with E-state index in [1.165, 1.54) is 45.4 Å². The van der Waals surface area contributed by atoms with E-state index in [1.54, 1.807) is 0 Å². The topological polar surface area (TPSA) is 262 Å². The average Bonchev–Trinajstić information content (AvgIpc) is 3.57. The molecule has 0 radical (unpaired) electrons. The van der Waals surface area contributed by atoms with Crippen molar-refractivity contribution < 1.29 is 88.3 Å². The first-order chi connectivity index (χ1) is 22.1. The molecule has 5 aliphatic rings. The molecule has 0 spiro atoms. The Morgan fingerprint density at radius 1 is 0.872 bits per heavy atom. The summed E-state index contributed by atoms with van der Waals surface area (Å²) in [5, 5.41) is 88.6. The van der Waals surface area contributed by atoms with Crippen molar-refractivity contribution in [2.24, 2.45) is 11.8 Å². The molecule has 47 heavy (non-hydrogen) atoms. The second-order valence-electron chi connectivity index (χ2n) is 11.8. The molecule has 3 saturated heterocycles. The number of hydrogen-bond donors (Lipinski definition) is 8. The Kier molecular flexibility index (Phi) is 7.32. The number of esters is 1. The number of aromatic hydroxyl groups is 1. The van der Waals surface area contributed by atoms with Gasteiger partial charge in [-0.1, -0.05) is 0 Å².